The van der Waals surface area contributed by atoms with E-state index in [1.807, 2.05) is 33.8 Å². The van der Waals surface area contributed by atoms with Gasteiger partial charge in [0.1, 0.15) is 17.9 Å². The summed E-state index contributed by atoms with van der Waals surface area (Å²) < 4.78 is 56.2. The number of nitrogens with zero attached hydrogens (tertiary/aromatic N) is 8. The maximum atomic E-state index is 14.4. The second-order valence-corrected chi connectivity index (χ2v) is 17.6. The van der Waals surface area contributed by atoms with Crippen LogP contribution in [0.15, 0.2) is 42.9 Å². The summed E-state index contributed by atoms with van der Waals surface area (Å²) in [5, 5.41) is 0. The van der Waals surface area contributed by atoms with Crippen molar-refractivity contribution >= 4 is 21.9 Å². The first-order valence-electron chi connectivity index (χ1n) is 19.1. The molecule has 0 radical (unpaired) electrons. The zero-order valence-corrected chi connectivity index (χ0v) is 32.8. The lowest BCUT2D eigenvalue weighted by molar-refractivity contribution is -0.0414. The van der Waals surface area contributed by atoms with E-state index in [0.717, 1.165) is 71.6 Å². The molecule has 0 unspecified atom stereocenters. The zero-order valence-electron chi connectivity index (χ0n) is 32.0. The van der Waals surface area contributed by atoms with Gasteiger partial charge in [-0.1, -0.05) is 12.2 Å². The smallest absolute Gasteiger partial charge is 0.282 e. The van der Waals surface area contributed by atoms with Crippen LogP contribution >= 0.6 is 0 Å². The summed E-state index contributed by atoms with van der Waals surface area (Å²) in [7, 11) is -1.78. The van der Waals surface area contributed by atoms with E-state index in [9.17, 15) is 17.6 Å². The number of piperazine rings is 1. The standard InChI is InChI=1S/C38H57FN8O5S/c1-29(2)47(30(3)4)37(48)33-22-32(39)8-9-34(33)52-35-23-40-28-41-36(35)44-14-10-31(25-44)24-43-26-38(27-43)11-15-45(16-12-38)53(49,50)46-19-17-42(18-20-46)13-6-7-21-51-5/h6-9,22-23,28-31H,10-21,24-27H2,1-5H3/b7-6+/t31-/m0/s1. The predicted octanol–water partition coefficient (Wildman–Crippen LogP) is 3.96. The minimum Gasteiger partial charge on any atom is -0.451 e. The van der Waals surface area contributed by atoms with E-state index >= 15 is 0 Å². The molecule has 53 heavy (non-hydrogen) atoms. The van der Waals surface area contributed by atoms with Crippen LogP contribution in [-0.2, 0) is 14.9 Å². The highest BCUT2D eigenvalue weighted by Crippen LogP contribution is 2.42. The molecule has 1 atom stereocenters. The van der Waals surface area contributed by atoms with Gasteiger partial charge >= 0.3 is 0 Å². The van der Waals surface area contributed by atoms with Crippen molar-refractivity contribution in [2.24, 2.45) is 11.3 Å². The van der Waals surface area contributed by atoms with Crippen molar-refractivity contribution in [1.29, 1.82) is 0 Å². The quantitative estimate of drug-likeness (QED) is 0.263. The number of aromatic nitrogens is 2. The molecule has 4 aliphatic rings. The van der Waals surface area contributed by atoms with Crippen LogP contribution in [0.4, 0.5) is 10.2 Å². The molecule has 13 nitrogen and oxygen atoms in total. The van der Waals surface area contributed by atoms with Crippen molar-refractivity contribution in [3.05, 3.63) is 54.3 Å². The Balaban J connectivity index is 0.989. The number of carbonyl (C=O) groups is 1. The second kappa shape index (κ2) is 17.1. The first kappa shape index (κ1) is 39.5. The molecule has 1 amide bonds. The molecule has 4 saturated heterocycles. The molecule has 2 aromatic rings. The van der Waals surface area contributed by atoms with Gasteiger partial charge < -0.3 is 24.2 Å². The number of halogens is 1. The molecular weight excluding hydrogens is 700 g/mol. The number of methoxy groups -OCH3 is 1. The number of benzene rings is 1. The van der Waals surface area contributed by atoms with Gasteiger partial charge in [-0.05, 0) is 76.5 Å². The van der Waals surface area contributed by atoms with Crippen molar-refractivity contribution in [3.8, 4) is 11.5 Å². The Hall–Kier alpha value is -3.21. The van der Waals surface area contributed by atoms with Crippen LogP contribution in [0.1, 0.15) is 57.3 Å². The Bertz CT molecular complexity index is 1680. The van der Waals surface area contributed by atoms with Crippen LogP contribution in [0.3, 0.4) is 0 Å². The largest absolute Gasteiger partial charge is 0.451 e. The first-order valence-corrected chi connectivity index (χ1v) is 20.5. The molecule has 0 N–H and O–H groups in total. The minimum atomic E-state index is -3.45. The predicted molar refractivity (Wildman–Crippen MR) is 203 cm³/mol. The van der Waals surface area contributed by atoms with Gasteiger partial charge in [-0.15, -0.1) is 0 Å². The molecular formula is C38H57FN8O5S. The van der Waals surface area contributed by atoms with Gasteiger partial charge in [0, 0.05) is 97.7 Å². The molecule has 4 aliphatic heterocycles. The lowest BCUT2D eigenvalue weighted by atomic mass is 9.72. The van der Waals surface area contributed by atoms with Gasteiger partial charge in [0.05, 0.1) is 18.4 Å². The van der Waals surface area contributed by atoms with Crippen LogP contribution in [0.5, 0.6) is 11.5 Å². The summed E-state index contributed by atoms with van der Waals surface area (Å²) >= 11 is 0. The third kappa shape index (κ3) is 9.19. The number of hydrogen-bond acceptors (Lipinski definition) is 10. The highest BCUT2D eigenvalue weighted by Gasteiger charge is 2.48. The van der Waals surface area contributed by atoms with Crippen molar-refractivity contribution in [1.82, 2.24) is 33.3 Å². The normalized spacial score (nSPS) is 22.0. The van der Waals surface area contributed by atoms with E-state index in [-0.39, 0.29) is 34.7 Å². The van der Waals surface area contributed by atoms with Gasteiger partial charge in [0.15, 0.2) is 11.6 Å². The number of anilines is 1. The van der Waals surface area contributed by atoms with Crippen LogP contribution in [0, 0.1) is 17.2 Å². The summed E-state index contributed by atoms with van der Waals surface area (Å²) in [6, 6.07) is 3.89. The van der Waals surface area contributed by atoms with Crippen LogP contribution in [0.25, 0.3) is 0 Å². The number of likely N-dealkylation sites (tertiary alicyclic amines) is 1. The van der Waals surface area contributed by atoms with E-state index in [1.54, 1.807) is 26.8 Å². The van der Waals surface area contributed by atoms with Crippen LogP contribution < -0.4 is 9.64 Å². The molecule has 1 spiro atoms. The summed E-state index contributed by atoms with van der Waals surface area (Å²) in [5.41, 5.74) is 0.355. The van der Waals surface area contributed by atoms with Crippen molar-refractivity contribution in [3.63, 3.8) is 0 Å². The number of hydrogen-bond donors (Lipinski definition) is 0. The summed E-state index contributed by atoms with van der Waals surface area (Å²) in [5.74, 6) is 0.999. The van der Waals surface area contributed by atoms with Crippen LogP contribution in [-0.4, -0.2) is 152 Å². The summed E-state index contributed by atoms with van der Waals surface area (Å²) in [6.45, 7) is 17.4. The minimum absolute atomic E-state index is 0.0715. The Labute approximate surface area is 314 Å². The van der Waals surface area contributed by atoms with Crippen molar-refractivity contribution < 1.29 is 27.1 Å². The summed E-state index contributed by atoms with van der Waals surface area (Å²) in [4.78, 5) is 31.1. The molecule has 0 saturated carbocycles. The number of rotatable bonds is 14. The lowest BCUT2D eigenvalue weighted by Crippen LogP contribution is -2.62. The average molecular weight is 757 g/mol. The molecule has 0 bridgehead atoms. The fourth-order valence-electron chi connectivity index (χ4n) is 8.47. The molecule has 15 heteroatoms. The third-order valence-electron chi connectivity index (χ3n) is 11.2. The molecule has 1 aromatic heterocycles. The lowest BCUT2D eigenvalue weighted by Gasteiger charge is -2.54. The monoisotopic (exact) mass is 756 g/mol. The molecule has 6 rings (SSSR count). The number of amides is 1. The van der Waals surface area contributed by atoms with E-state index in [0.29, 0.717) is 50.3 Å². The topological polar surface area (TPSA) is 115 Å². The van der Waals surface area contributed by atoms with E-state index < -0.39 is 16.0 Å². The maximum Gasteiger partial charge on any atom is 0.282 e. The Kier molecular flexibility index (Phi) is 12.7. The van der Waals surface area contributed by atoms with E-state index in [1.165, 1.54) is 24.5 Å². The fraction of sp³-hybridized carbons (Fsp3) is 0.658. The molecule has 292 valence electrons. The molecule has 1 aromatic carbocycles. The van der Waals surface area contributed by atoms with Crippen molar-refractivity contribution in [2.45, 2.75) is 59.0 Å². The average Bonchev–Trinajstić information content (AvgIpc) is 3.59. The molecule has 0 aliphatic carbocycles. The van der Waals surface area contributed by atoms with E-state index in [4.69, 9.17) is 9.47 Å². The Morgan fingerprint density at radius 3 is 2.36 bits per heavy atom. The number of piperidine rings is 1. The van der Waals surface area contributed by atoms with Crippen LogP contribution in [0.2, 0.25) is 0 Å². The maximum absolute atomic E-state index is 14.4. The van der Waals surface area contributed by atoms with Gasteiger partial charge in [-0.25, -0.2) is 14.4 Å². The first-order chi connectivity index (χ1) is 25.4. The second-order valence-electron chi connectivity index (χ2n) is 15.7. The van der Waals surface area contributed by atoms with Gasteiger partial charge in [0.2, 0.25) is 0 Å². The highest BCUT2D eigenvalue weighted by molar-refractivity contribution is 7.86. The third-order valence-corrected chi connectivity index (χ3v) is 13.2. The Morgan fingerprint density at radius 1 is 0.981 bits per heavy atom. The van der Waals surface area contributed by atoms with Gasteiger partial charge in [0.25, 0.3) is 16.1 Å². The molecule has 5 heterocycles. The summed E-state index contributed by atoms with van der Waals surface area (Å²) in [6.07, 6.45) is 9.98. The fourth-order valence-corrected chi connectivity index (χ4v) is 10.1. The van der Waals surface area contributed by atoms with Gasteiger partial charge in [-0.3, -0.25) is 9.69 Å². The zero-order chi connectivity index (χ0) is 37.8. The molecule has 4 fully saturated rings. The number of carbonyl (C=O) groups excluding carboxylic acids is 1. The SMILES string of the molecule is COC/C=C/CN1CCN(S(=O)(=O)N2CCC3(CC2)CN(C[C@@H]2CCN(c4ncncc4Oc4ccc(F)cc4C(=O)N(C(C)C)C(C)C)C2)C3)CC1. The highest BCUT2D eigenvalue weighted by atomic mass is 32.2. The Morgan fingerprint density at radius 2 is 1.68 bits per heavy atom. The van der Waals surface area contributed by atoms with Gasteiger partial charge in [-0.2, -0.15) is 17.0 Å². The number of ether oxygens (including phenoxy) is 2. The van der Waals surface area contributed by atoms with E-state index in [2.05, 4.69) is 30.7 Å². The van der Waals surface area contributed by atoms with Crippen molar-refractivity contribution in [2.75, 3.05) is 97.2 Å².